The van der Waals surface area contributed by atoms with E-state index in [-0.39, 0.29) is 36.2 Å². The summed E-state index contributed by atoms with van der Waals surface area (Å²) in [4.78, 5) is 27.3. The minimum absolute atomic E-state index is 0.160. The van der Waals surface area contributed by atoms with Crippen LogP contribution in [0.5, 0.6) is 0 Å². The van der Waals surface area contributed by atoms with Crippen LogP contribution in [-0.2, 0) is 14.3 Å². The van der Waals surface area contributed by atoms with Crippen molar-refractivity contribution in [2.75, 3.05) is 26.2 Å². The van der Waals surface area contributed by atoms with Gasteiger partial charge in [0.1, 0.15) is 17.6 Å². The van der Waals surface area contributed by atoms with E-state index in [1.165, 1.54) is 17.1 Å². The summed E-state index contributed by atoms with van der Waals surface area (Å²) in [5, 5.41) is 6.04. The fourth-order valence-electron chi connectivity index (χ4n) is 4.17. The molecule has 0 N–H and O–H groups in total. The van der Waals surface area contributed by atoms with Crippen molar-refractivity contribution < 1.29 is 23.1 Å². The van der Waals surface area contributed by atoms with Gasteiger partial charge in [0, 0.05) is 13.0 Å². The normalized spacial score (nSPS) is 21.7. The average Bonchev–Trinajstić information content (AvgIpc) is 3.45. The number of benzene rings is 1. The summed E-state index contributed by atoms with van der Waals surface area (Å²) in [6.45, 7) is 3.55. The minimum atomic E-state index is -0.354. The van der Waals surface area contributed by atoms with Gasteiger partial charge in [0.15, 0.2) is 0 Å². The summed E-state index contributed by atoms with van der Waals surface area (Å²) in [5.74, 6) is -0.246. The Labute approximate surface area is 180 Å². The molecule has 0 aliphatic carbocycles. The molecule has 2 aliphatic heterocycles. The number of carbonyl (C=O) groups is 2. The quantitative estimate of drug-likeness (QED) is 0.661. The van der Waals surface area contributed by atoms with E-state index in [9.17, 15) is 14.0 Å². The molecule has 1 amide bonds. The Kier molecular flexibility index (Phi) is 6.46. The highest BCUT2D eigenvalue weighted by atomic mass is 19.1. The molecular weight excluding hydrogens is 401 g/mol. The average molecular weight is 427 g/mol. The molecule has 1 aromatic carbocycles. The number of likely N-dealkylation sites (tertiary alicyclic amines) is 1. The highest BCUT2D eigenvalue weighted by Gasteiger charge is 2.36. The van der Waals surface area contributed by atoms with E-state index in [2.05, 4.69) is 5.10 Å². The standard InChI is InChI=1S/C23H26FN3O4/c1-2-30-23(29)17-5-3-11-26(14-17)15-22(28)27-20(21-6-4-12-31-21)13-19(25-27)16-7-9-18(24)10-8-16/h4,6-10,12,17,20H,2-3,5,11,13-15H2,1H3/t17-,20+/m0/s1. The van der Waals surface area contributed by atoms with Gasteiger partial charge in [-0.25, -0.2) is 9.40 Å². The van der Waals surface area contributed by atoms with Gasteiger partial charge in [-0.1, -0.05) is 12.1 Å². The lowest BCUT2D eigenvalue weighted by atomic mass is 9.98. The lowest BCUT2D eigenvalue weighted by molar-refractivity contribution is -0.150. The van der Waals surface area contributed by atoms with Gasteiger partial charge in [0.25, 0.3) is 5.91 Å². The first-order chi connectivity index (χ1) is 15.0. The zero-order valence-electron chi connectivity index (χ0n) is 17.5. The predicted molar refractivity (Wildman–Crippen MR) is 112 cm³/mol. The Balaban J connectivity index is 1.49. The molecule has 31 heavy (non-hydrogen) atoms. The maximum Gasteiger partial charge on any atom is 0.310 e. The molecule has 164 valence electrons. The first-order valence-corrected chi connectivity index (χ1v) is 10.6. The number of ether oxygens (including phenoxy) is 1. The van der Waals surface area contributed by atoms with Crippen molar-refractivity contribution in [1.29, 1.82) is 0 Å². The largest absolute Gasteiger partial charge is 0.467 e. The van der Waals surface area contributed by atoms with Crippen molar-refractivity contribution >= 4 is 17.6 Å². The Morgan fingerprint density at radius 3 is 2.77 bits per heavy atom. The molecule has 1 aromatic heterocycles. The van der Waals surface area contributed by atoms with Gasteiger partial charge in [-0.3, -0.25) is 14.5 Å². The van der Waals surface area contributed by atoms with E-state index in [1.54, 1.807) is 31.4 Å². The zero-order chi connectivity index (χ0) is 21.8. The topological polar surface area (TPSA) is 75.3 Å². The summed E-state index contributed by atoms with van der Waals surface area (Å²) in [7, 11) is 0. The van der Waals surface area contributed by atoms with Crippen LogP contribution in [0.4, 0.5) is 4.39 Å². The predicted octanol–water partition coefficient (Wildman–Crippen LogP) is 3.37. The molecule has 2 aromatic rings. The van der Waals surface area contributed by atoms with Gasteiger partial charge in [-0.05, 0) is 56.1 Å². The Morgan fingerprint density at radius 1 is 1.26 bits per heavy atom. The molecule has 2 aliphatic rings. The highest BCUT2D eigenvalue weighted by Crippen LogP contribution is 2.33. The van der Waals surface area contributed by atoms with E-state index in [1.807, 2.05) is 11.0 Å². The molecule has 3 heterocycles. The van der Waals surface area contributed by atoms with E-state index in [0.717, 1.165) is 24.9 Å². The first kappa shape index (κ1) is 21.2. The third kappa shape index (κ3) is 4.85. The number of amides is 1. The number of hydrogen-bond acceptors (Lipinski definition) is 6. The van der Waals surface area contributed by atoms with Crippen LogP contribution in [0.1, 0.15) is 43.6 Å². The van der Waals surface area contributed by atoms with Gasteiger partial charge >= 0.3 is 5.97 Å². The van der Waals surface area contributed by atoms with Crippen molar-refractivity contribution in [3.63, 3.8) is 0 Å². The second-order valence-corrected chi connectivity index (χ2v) is 7.85. The molecule has 0 bridgehead atoms. The van der Waals surface area contributed by atoms with Crippen molar-refractivity contribution in [2.45, 2.75) is 32.2 Å². The van der Waals surface area contributed by atoms with E-state index in [4.69, 9.17) is 9.15 Å². The minimum Gasteiger partial charge on any atom is -0.467 e. The lowest BCUT2D eigenvalue weighted by Crippen LogP contribution is -2.44. The molecule has 1 saturated heterocycles. The van der Waals surface area contributed by atoms with Crippen molar-refractivity contribution in [2.24, 2.45) is 11.0 Å². The van der Waals surface area contributed by atoms with Crippen LogP contribution < -0.4 is 0 Å². The molecule has 1 fully saturated rings. The molecular formula is C23H26FN3O4. The Hall–Kier alpha value is -3.00. The van der Waals surface area contributed by atoms with E-state index in [0.29, 0.717) is 31.0 Å². The first-order valence-electron chi connectivity index (χ1n) is 10.6. The number of hydrogen-bond donors (Lipinski definition) is 0. The van der Waals surface area contributed by atoms with Crippen molar-refractivity contribution in [3.8, 4) is 0 Å². The lowest BCUT2D eigenvalue weighted by Gasteiger charge is -2.32. The maximum absolute atomic E-state index is 13.3. The number of halogens is 1. The molecule has 8 heteroatoms. The summed E-state index contributed by atoms with van der Waals surface area (Å²) in [6, 6.07) is 9.34. The molecule has 7 nitrogen and oxygen atoms in total. The van der Waals surface area contributed by atoms with Gasteiger partial charge in [-0.2, -0.15) is 5.10 Å². The summed E-state index contributed by atoms with van der Waals surface area (Å²) in [6.07, 6.45) is 3.66. The number of furan rings is 1. The number of hydrazone groups is 1. The maximum atomic E-state index is 13.3. The molecule has 0 unspecified atom stereocenters. The summed E-state index contributed by atoms with van der Waals surface area (Å²) < 4.78 is 24.0. The number of nitrogens with zero attached hydrogens (tertiary/aromatic N) is 3. The van der Waals surface area contributed by atoms with E-state index < -0.39 is 0 Å². The van der Waals surface area contributed by atoms with Crippen LogP contribution in [0, 0.1) is 11.7 Å². The zero-order valence-corrected chi connectivity index (χ0v) is 17.5. The van der Waals surface area contributed by atoms with Crippen molar-refractivity contribution in [3.05, 3.63) is 59.8 Å². The van der Waals surface area contributed by atoms with Crippen LogP contribution in [0.2, 0.25) is 0 Å². The van der Waals surface area contributed by atoms with Crippen LogP contribution in [0.3, 0.4) is 0 Å². The second kappa shape index (κ2) is 9.43. The van der Waals surface area contributed by atoms with Crippen LogP contribution in [-0.4, -0.2) is 53.7 Å². The number of piperidine rings is 1. The molecule has 0 saturated carbocycles. The van der Waals surface area contributed by atoms with Crippen LogP contribution in [0.25, 0.3) is 0 Å². The number of carbonyl (C=O) groups excluding carboxylic acids is 2. The fraction of sp³-hybridized carbons (Fsp3) is 0.435. The molecule has 0 spiro atoms. The van der Waals surface area contributed by atoms with Gasteiger partial charge in [-0.15, -0.1) is 0 Å². The van der Waals surface area contributed by atoms with Gasteiger partial charge in [0.05, 0.1) is 31.0 Å². The number of esters is 1. The van der Waals surface area contributed by atoms with Crippen LogP contribution in [0.15, 0.2) is 52.2 Å². The third-order valence-corrected chi connectivity index (χ3v) is 5.70. The summed E-state index contributed by atoms with van der Waals surface area (Å²) >= 11 is 0. The SMILES string of the molecule is CCOC(=O)[C@H]1CCCN(CC(=O)N2N=C(c3ccc(F)cc3)C[C@@H]2c2ccco2)C1. The summed E-state index contributed by atoms with van der Waals surface area (Å²) in [5.41, 5.74) is 1.48. The smallest absolute Gasteiger partial charge is 0.310 e. The molecule has 4 rings (SSSR count). The Bertz CT molecular complexity index is 942. The molecule has 2 atom stereocenters. The van der Waals surface area contributed by atoms with Crippen molar-refractivity contribution in [1.82, 2.24) is 9.91 Å². The highest BCUT2D eigenvalue weighted by molar-refractivity contribution is 6.03. The van der Waals surface area contributed by atoms with Gasteiger partial charge in [0.2, 0.25) is 0 Å². The number of rotatable bonds is 6. The fourth-order valence-corrected chi connectivity index (χ4v) is 4.17. The van der Waals surface area contributed by atoms with Gasteiger partial charge < -0.3 is 9.15 Å². The monoisotopic (exact) mass is 427 g/mol. The molecule has 0 radical (unpaired) electrons. The Morgan fingerprint density at radius 2 is 2.06 bits per heavy atom. The second-order valence-electron chi connectivity index (χ2n) is 7.85. The van der Waals surface area contributed by atoms with E-state index >= 15 is 0 Å². The third-order valence-electron chi connectivity index (χ3n) is 5.70. The van der Waals surface area contributed by atoms with Crippen LogP contribution >= 0.6 is 0 Å².